The molecule has 0 radical (unpaired) electrons. The molecule has 1 rings (SSSR count). The SMILES string of the molecule is C=CCc1cc(/C=N/NC(=O)C(=O)NC)cc(OCC)c1O. The van der Waals surface area contributed by atoms with Crippen LogP contribution < -0.4 is 15.5 Å². The summed E-state index contributed by atoms with van der Waals surface area (Å²) in [5.41, 5.74) is 3.33. The van der Waals surface area contributed by atoms with E-state index in [1.807, 2.05) is 0 Å². The number of ether oxygens (including phenoxy) is 1. The highest BCUT2D eigenvalue weighted by atomic mass is 16.5. The highest BCUT2D eigenvalue weighted by Gasteiger charge is 2.11. The monoisotopic (exact) mass is 305 g/mol. The molecule has 0 aliphatic carbocycles. The second-order valence-electron chi connectivity index (χ2n) is 4.23. The summed E-state index contributed by atoms with van der Waals surface area (Å²) >= 11 is 0. The average molecular weight is 305 g/mol. The van der Waals surface area contributed by atoms with Crippen molar-refractivity contribution in [3.05, 3.63) is 35.9 Å². The standard InChI is InChI=1S/C15H19N3O4/c1-4-6-11-7-10(8-12(13(11)19)22-5-2)9-17-18-15(21)14(20)16-3/h4,7-9,19H,1,5-6H2,2-3H3,(H,16,20)(H,18,21)/b17-9+. The molecule has 2 amide bonds. The van der Waals surface area contributed by atoms with Gasteiger partial charge in [0.1, 0.15) is 0 Å². The minimum atomic E-state index is -0.867. The van der Waals surface area contributed by atoms with Crippen molar-refractivity contribution < 1.29 is 19.4 Å². The molecule has 0 saturated carbocycles. The number of amides is 2. The Kier molecular flexibility index (Phi) is 6.62. The quantitative estimate of drug-likeness (QED) is 0.312. The van der Waals surface area contributed by atoms with E-state index in [2.05, 4.69) is 22.4 Å². The Hall–Kier alpha value is -2.83. The minimum absolute atomic E-state index is 0.0493. The third-order valence-electron chi connectivity index (χ3n) is 2.65. The van der Waals surface area contributed by atoms with E-state index in [4.69, 9.17) is 4.74 Å². The zero-order chi connectivity index (χ0) is 16.5. The first-order chi connectivity index (χ1) is 10.5. The summed E-state index contributed by atoms with van der Waals surface area (Å²) in [6.45, 7) is 5.83. The van der Waals surface area contributed by atoms with Gasteiger partial charge in [-0.15, -0.1) is 6.58 Å². The van der Waals surface area contributed by atoms with Crippen LogP contribution in [0.5, 0.6) is 11.5 Å². The summed E-state index contributed by atoms with van der Waals surface area (Å²) in [6.07, 6.45) is 3.46. The van der Waals surface area contributed by atoms with Crippen molar-refractivity contribution >= 4 is 18.0 Å². The van der Waals surface area contributed by atoms with Crippen molar-refractivity contribution in [2.24, 2.45) is 5.10 Å². The van der Waals surface area contributed by atoms with Gasteiger partial charge in [-0.05, 0) is 31.0 Å². The maximum absolute atomic E-state index is 11.2. The number of phenolic OH excluding ortho intramolecular Hbond substituents is 1. The molecule has 3 N–H and O–H groups in total. The van der Waals surface area contributed by atoms with Crippen LogP contribution >= 0.6 is 0 Å². The highest BCUT2D eigenvalue weighted by molar-refractivity contribution is 6.34. The van der Waals surface area contributed by atoms with E-state index in [1.165, 1.54) is 13.3 Å². The van der Waals surface area contributed by atoms with E-state index >= 15 is 0 Å². The Bertz CT molecular complexity index is 597. The lowest BCUT2D eigenvalue weighted by Crippen LogP contribution is -2.35. The molecule has 0 heterocycles. The second kappa shape index (κ2) is 8.46. The first kappa shape index (κ1) is 17.2. The third-order valence-corrected chi connectivity index (χ3v) is 2.65. The van der Waals surface area contributed by atoms with Crippen molar-refractivity contribution in [2.75, 3.05) is 13.7 Å². The first-order valence-corrected chi connectivity index (χ1v) is 6.68. The summed E-state index contributed by atoms with van der Waals surface area (Å²) in [5.74, 6) is -1.28. The summed E-state index contributed by atoms with van der Waals surface area (Å²) in [5, 5.41) is 15.9. The topological polar surface area (TPSA) is 100 Å². The maximum Gasteiger partial charge on any atom is 0.329 e. The molecule has 0 aliphatic rings. The van der Waals surface area contributed by atoms with Gasteiger partial charge in [0.05, 0.1) is 12.8 Å². The zero-order valence-corrected chi connectivity index (χ0v) is 12.5. The third kappa shape index (κ3) is 4.62. The van der Waals surface area contributed by atoms with E-state index in [1.54, 1.807) is 25.1 Å². The van der Waals surface area contributed by atoms with Gasteiger partial charge in [-0.25, -0.2) is 5.43 Å². The fourth-order valence-electron chi connectivity index (χ4n) is 1.67. The predicted octanol–water partition coefficient (Wildman–Crippen LogP) is 0.715. The Morgan fingerprint density at radius 1 is 1.41 bits per heavy atom. The van der Waals surface area contributed by atoms with Crippen LogP contribution in [-0.2, 0) is 16.0 Å². The Morgan fingerprint density at radius 3 is 2.73 bits per heavy atom. The Balaban J connectivity index is 2.96. The van der Waals surface area contributed by atoms with Crippen LogP contribution in [0.1, 0.15) is 18.1 Å². The summed E-state index contributed by atoms with van der Waals surface area (Å²) in [4.78, 5) is 22.3. The van der Waals surface area contributed by atoms with Gasteiger partial charge in [-0.1, -0.05) is 6.08 Å². The van der Waals surface area contributed by atoms with E-state index in [0.717, 1.165) is 0 Å². The van der Waals surface area contributed by atoms with Crippen molar-refractivity contribution in [1.82, 2.24) is 10.7 Å². The van der Waals surface area contributed by atoms with E-state index in [9.17, 15) is 14.7 Å². The molecular formula is C15H19N3O4. The van der Waals surface area contributed by atoms with Crippen LogP contribution in [0, 0.1) is 0 Å². The van der Waals surface area contributed by atoms with Gasteiger partial charge in [0.2, 0.25) is 0 Å². The molecule has 0 bridgehead atoms. The number of phenols is 1. The van der Waals surface area contributed by atoms with Gasteiger partial charge in [-0.3, -0.25) is 9.59 Å². The summed E-state index contributed by atoms with van der Waals surface area (Å²) < 4.78 is 5.35. The molecule has 118 valence electrons. The Morgan fingerprint density at radius 2 is 2.14 bits per heavy atom. The minimum Gasteiger partial charge on any atom is -0.504 e. The molecule has 1 aromatic rings. The van der Waals surface area contributed by atoms with Gasteiger partial charge in [0, 0.05) is 12.6 Å². The predicted molar refractivity (Wildman–Crippen MR) is 83.0 cm³/mol. The lowest BCUT2D eigenvalue weighted by atomic mass is 10.1. The van der Waals surface area contributed by atoms with Gasteiger partial charge in [0.25, 0.3) is 0 Å². The molecule has 0 atom stereocenters. The smallest absolute Gasteiger partial charge is 0.329 e. The van der Waals surface area contributed by atoms with Crippen molar-refractivity contribution in [1.29, 1.82) is 0 Å². The number of hydrogen-bond donors (Lipinski definition) is 3. The number of nitrogens with zero attached hydrogens (tertiary/aromatic N) is 1. The van der Waals surface area contributed by atoms with Crippen LogP contribution in [0.3, 0.4) is 0 Å². The highest BCUT2D eigenvalue weighted by Crippen LogP contribution is 2.31. The summed E-state index contributed by atoms with van der Waals surface area (Å²) in [6, 6.07) is 3.27. The number of carbonyl (C=O) groups is 2. The lowest BCUT2D eigenvalue weighted by molar-refractivity contribution is -0.138. The maximum atomic E-state index is 11.2. The molecule has 0 saturated heterocycles. The number of benzene rings is 1. The average Bonchev–Trinajstić information content (AvgIpc) is 2.51. The summed E-state index contributed by atoms with van der Waals surface area (Å²) in [7, 11) is 1.35. The van der Waals surface area contributed by atoms with Gasteiger partial charge in [0.15, 0.2) is 11.5 Å². The molecule has 1 aromatic carbocycles. The number of likely N-dealkylation sites (N-methyl/N-ethyl adjacent to an activating group) is 1. The molecule has 0 aromatic heterocycles. The molecule has 22 heavy (non-hydrogen) atoms. The molecule has 0 fully saturated rings. The molecule has 7 nitrogen and oxygen atoms in total. The largest absolute Gasteiger partial charge is 0.504 e. The van der Waals surface area contributed by atoms with Gasteiger partial charge < -0.3 is 15.2 Å². The molecular weight excluding hydrogens is 286 g/mol. The van der Waals surface area contributed by atoms with Gasteiger partial charge >= 0.3 is 11.8 Å². The number of nitrogens with one attached hydrogen (secondary N) is 2. The van der Waals surface area contributed by atoms with E-state index in [0.29, 0.717) is 29.9 Å². The van der Waals surface area contributed by atoms with Crippen LogP contribution in [0.25, 0.3) is 0 Å². The van der Waals surface area contributed by atoms with Crippen LogP contribution in [-0.4, -0.2) is 36.8 Å². The first-order valence-electron chi connectivity index (χ1n) is 6.68. The fourth-order valence-corrected chi connectivity index (χ4v) is 1.67. The van der Waals surface area contributed by atoms with Crippen LogP contribution in [0.15, 0.2) is 29.9 Å². The van der Waals surface area contributed by atoms with E-state index in [-0.39, 0.29) is 5.75 Å². The molecule has 0 aliphatic heterocycles. The number of hydrazone groups is 1. The molecule has 0 spiro atoms. The van der Waals surface area contributed by atoms with Crippen molar-refractivity contribution in [3.8, 4) is 11.5 Å². The second-order valence-corrected chi connectivity index (χ2v) is 4.23. The van der Waals surface area contributed by atoms with Crippen molar-refractivity contribution in [3.63, 3.8) is 0 Å². The van der Waals surface area contributed by atoms with Crippen molar-refractivity contribution in [2.45, 2.75) is 13.3 Å². The number of rotatable bonds is 6. The zero-order valence-electron chi connectivity index (χ0n) is 12.5. The lowest BCUT2D eigenvalue weighted by Gasteiger charge is -2.10. The Labute approximate surface area is 128 Å². The molecule has 7 heteroatoms. The van der Waals surface area contributed by atoms with E-state index < -0.39 is 11.8 Å². The normalized spacial score (nSPS) is 10.3. The van der Waals surface area contributed by atoms with Gasteiger partial charge in [-0.2, -0.15) is 5.10 Å². The van der Waals surface area contributed by atoms with Crippen LogP contribution in [0.2, 0.25) is 0 Å². The van der Waals surface area contributed by atoms with Crippen LogP contribution in [0.4, 0.5) is 0 Å². The number of allylic oxidation sites excluding steroid dienone is 1. The molecule has 0 unspecified atom stereocenters. The number of carbonyl (C=O) groups excluding carboxylic acids is 2. The number of aromatic hydroxyl groups is 1. The fraction of sp³-hybridized carbons (Fsp3) is 0.267. The number of hydrogen-bond acceptors (Lipinski definition) is 5.